The zero-order valence-corrected chi connectivity index (χ0v) is 12.2. The monoisotopic (exact) mass is 283 g/mol. The summed E-state index contributed by atoms with van der Waals surface area (Å²) in [5, 5.41) is 3.20. The number of rotatable bonds is 5. The van der Waals surface area contributed by atoms with Gasteiger partial charge in [0.1, 0.15) is 5.82 Å². The van der Waals surface area contributed by atoms with Crippen molar-refractivity contribution in [1.29, 1.82) is 0 Å². The second-order valence-electron chi connectivity index (χ2n) is 4.97. The first-order chi connectivity index (χ1) is 9.71. The Hall–Kier alpha value is -1.33. The average Bonchev–Trinajstić information content (AvgIpc) is 2.50. The molecule has 1 saturated heterocycles. The lowest BCUT2D eigenvalue weighted by Crippen LogP contribution is -2.32. The van der Waals surface area contributed by atoms with E-state index in [1.165, 1.54) is 13.2 Å². The molecule has 1 aliphatic rings. The molecule has 2 rings (SSSR count). The number of methoxy groups -OCH3 is 2. The number of hydrogen-bond donors (Lipinski definition) is 1. The van der Waals surface area contributed by atoms with E-state index in [2.05, 4.69) is 5.32 Å². The summed E-state index contributed by atoms with van der Waals surface area (Å²) in [5.41, 5.74) is 0.598. The van der Waals surface area contributed by atoms with Gasteiger partial charge in [-0.1, -0.05) is 0 Å². The van der Waals surface area contributed by atoms with E-state index in [0.29, 0.717) is 23.7 Å². The van der Waals surface area contributed by atoms with Gasteiger partial charge in [0.25, 0.3) is 0 Å². The van der Waals surface area contributed by atoms with Crippen molar-refractivity contribution in [3.63, 3.8) is 0 Å². The van der Waals surface area contributed by atoms with Gasteiger partial charge < -0.3 is 19.5 Å². The first kappa shape index (κ1) is 15.1. The molecule has 0 amide bonds. The van der Waals surface area contributed by atoms with Crippen molar-refractivity contribution < 1.29 is 18.6 Å². The average molecular weight is 283 g/mol. The fourth-order valence-electron chi connectivity index (χ4n) is 2.78. The molecule has 1 fully saturated rings. The molecule has 1 aliphatic heterocycles. The van der Waals surface area contributed by atoms with Gasteiger partial charge in [-0.3, -0.25) is 0 Å². The summed E-state index contributed by atoms with van der Waals surface area (Å²) in [6.45, 7) is 1.45. The minimum absolute atomic E-state index is 0.0879. The van der Waals surface area contributed by atoms with Gasteiger partial charge in [0.15, 0.2) is 11.5 Å². The molecule has 0 spiro atoms. The van der Waals surface area contributed by atoms with Crippen LogP contribution in [0.2, 0.25) is 0 Å². The largest absolute Gasteiger partial charge is 0.493 e. The van der Waals surface area contributed by atoms with Crippen LogP contribution in [-0.2, 0) is 4.74 Å². The van der Waals surface area contributed by atoms with Crippen molar-refractivity contribution in [2.45, 2.75) is 18.9 Å². The minimum Gasteiger partial charge on any atom is -0.493 e. The Morgan fingerprint density at radius 2 is 2.00 bits per heavy atom. The van der Waals surface area contributed by atoms with Crippen LogP contribution in [0.3, 0.4) is 0 Å². The normalized spacial score (nSPS) is 20.5. The molecular weight excluding hydrogens is 261 g/mol. The topological polar surface area (TPSA) is 39.7 Å². The van der Waals surface area contributed by atoms with Gasteiger partial charge in [0.2, 0.25) is 0 Å². The fraction of sp³-hybridized carbons (Fsp3) is 0.600. The number of ether oxygens (including phenoxy) is 3. The molecule has 1 heterocycles. The highest BCUT2D eigenvalue weighted by Gasteiger charge is 2.27. The molecule has 112 valence electrons. The predicted molar refractivity (Wildman–Crippen MR) is 74.8 cm³/mol. The summed E-state index contributed by atoms with van der Waals surface area (Å²) in [4.78, 5) is 0. The molecule has 1 N–H and O–H groups in total. The highest BCUT2D eigenvalue weighted by Crippen LogP contribution is 2.36. The minimum atomic E-state index is -0.285. The molecule has 2 atom stereocenters. The Bertz CT molecular complexity index is 447. The number of halogens is 1. The third kappa shape index (κ3) is 3.04. The Morgan fingerprint density at radius 3 is 2.55 bits per heavy atom. The molecular formula is C15H22FNO3. The van der Waals surface area contributed by atoms with Gasteiger partial charge >= 0.3 is 0 Å². The molecule has 0 bridgehead atoms. The van der Waals surface area contributed by atoms with Crippen molar-refractivity contribution in [3.8, 4) is 11.5 Å². The summed E-state index contributed by atoms with van der Waals surface area (Å²) in [6, 6.07) is 3.00. The predicted octanol–water partition coefficient (Wildman–Crippen LogP) is 2.53. The first-order valence-electron chi connectivity index (χ1n) is 6.87. The maximum Gasteiger partial charge on any atom is 0.163 e. The molecule has 2 unspecified atom stereocenters. The van der Waals surface area contributed by atoms with Crippen molar-refractivity contribution in [1.82, 2.24) is 5.32 Å². The Labute approximate surface area is 119 Å². The van der Waals surface area contributed by atoms with Crippen molar-refractivity contribution in [2.24, 2.45) is 5.92 Å². The van der Waals surface area contributed by atoms with Crippen LogP contribution in [0.15, 0.2) is 12.1 Å². The van der Waals surface area contributed by atoms with E-state index in [1.807, 2.05) is 7.05 Å². The van der Waals surface area contributed by atoms with Crippen LogP contribution >= 0.6 is 0 Å². The zero-order chi connectivity index (χ0) is 14.5. The first-order valence-corrected chi connectivity index (χ1v) is 6.87. The number of benzene rings is 1. The highest BCUT2D eigenvalue weighted by atomic mass is 19.1. The van der Waals surface area contributed by atoms with Crippen LogP contribution < -0.4 is 14.8 Å². The van der Waals surface area contributed by atoms with Crippen molar-refractivity contribution >= 4 is 0 Å². The SMILES string of the molecule is CNC(c1cc(OC)c(OC)cc1F)C1CCCOC1. The molecule has 5 heteroatoms. The van der Waals surface area contributed by atoms with Gasteiger partial charge in [-0.2, -0.15) is 0 Å². The summed E-state index contributed by atoms with van der Waals surface area (Å²) in [7, 11) is 4.90. The van der Waals surface area contributed by atoms with E-state index in [1.54, 1.807) is 13.2 Å². The second kappa shape index (κ2) is 6.90. The third-order valence-corrected chi connectivity index (χ3v) is 3.82. The zero-order valence-electron chi connectivity index (χ0n) is 12.2. The fourth-order valence-corrected chi connectivity index (χ4v) is 2.78. The van der Waals surface area contributed by atoms with Crippen LogP contribution in [0.5, 0.6) is 11.5 Å². The van der Waals surface area contributed by atoms with Crippen molar-refractivity contribution in [2.75, 3.05) is 34.5 Å². The van der Waals surface area contributed by atoms with Gasteiger partial charge in [0.05, 0.1) is 20.8 Å². The van der Waals surface area contributed by atoms with E-state index in [4.69, 9.17) is 14.2 Å². The lowest BCUT2D eigenvalue weighted by atomic mass is 9.88. The van der Waals surface area contributed by atoms with E-state index < -0.39 is 0 Å². The smallest absolute Gasteiger partial charge is 0.163 e. The van der Waals surface area contributed by atoms with Gasteiger partial charge in [0, 0.05) is 30.2 Å². The molecule has 0 aromatic heterocycles. The van der Waals surface area contributed by atoms with Crippen LogP contribution in [0.4, 0.5) is 4.39 Å². The van der Waals surface area contributed by atoms with E-state index in [0.717, 1.165) is 19.4 Å². The highest BCUT2D eigenvalue weighted by molar-refractivity contribution is 5.44. The summed E-state index contributed by atoms with van der Waals surface area (Å²) in [6.07, 6.45) is 2.04. The molecule has 4 nitrogen and oxygen atoms in total. The maximum atomic E-state index is 14.3. The number of nitrogens with one attached hydrogen (secondary N) is 1. The van der Waals surface area contributed by atoms with Crippen molar-refractivity contribution in [3.05, 3.63) is 23.5 Å². The molecule has 1 aromatic rings. The van der Waals surface area contributed by atoms with E-state index >= 15 is 0 Å². The van der Waals surface area contributed by atoms with Gasteiger partial charge in [-0.15, -0.1) is 0 Å². The summed E-state index contributed by atoms with van der Waals surface area (Å²) in [5.74, 6) is 0.929. The third-order valence-electron chi connectivity index (χ3n) is 3.82. The molecule has 0 saturated carbocycles. The van der Waals surface area contributed by atoms with Gasteiger partial charge in [-0.25, -0.2) is 4.39 Å². The van der Waals surface area contributed by atoms with E-state index in [9.17, 15) is 4.39 Å². The Morgan fingerprint density at radius 1 is 1.30 bits per heavy atom. The van der Waals surface area contributed by atoms with Crippen LogP contribution in [0.1, 0.15) is 24.4 Å². The van der Waals surface area contributed by atoms with Crippen LogP contribution in [-0.4, -0.2) is 34.5 Å². The number of hydrogen-bond acceptors (Lipinski definition) is 4. The molecule has 20 heavy (non-hydrogen) atoms. The Balaban J connectivity index is 2.33. The summed E-state index contributed by atoms with van der Waals surface area (Å²) < 4.78 is 30.2. The second-order valence-corrected chi connectivity index (χ2v) is 4.97. The maximum absolute atomic E-state index is 14.3. The lowest BCUT2D eigenvalue weighted by Gasteiger charge is -2.30. The van der Waals surface area contributed by atoms with Crippen LogP contribution in [0, 0.1) is 11.7 Å². The standard InChI is InChI=1S/C15H22FNO3/c1-17-15(10-5-4-6-20-9-10)11-7-13(18-2)14(19-3)8-12(11)16/h7-8,10,15,17H,4-6,9H2,1-3H3. The Kier molecular flexibility index (Phi) is 5.20. The van der Waals surface area contributed by atoms with Gasteiger partial charge in [-0.05, 0) is 26.0 Å². The van der Waals surface area contributed by atoms with Crippen LogP contribution in [0.25, 0.3) is 0 Å². The lowest BCUT2D eigenvalue weighted by molar-refractivity contribution is 0.0396. The van der Waals surface area contributed by atoms with E-state index in [-0.39, 0.29) is 17.8 Å². The molecule has 0 radical (unpaired) electrons. The molecule has 0 aliphatic carbocycles. The summed E-state index contributed by atoms with van der Waals surface area (Å²) >= 11 is 0. The molecule has 1 aromatic carbocycles. The quantitative estimate of drug-likeness (QED) is 0.901.